The van der Waals surface area contributed by atoms with Gasteiger partial charge in [0, 0.05) is 11.7 Å². The van der Waals surface area contributed by atoms with Crippen molar-refractivity contribution in [2.75, 3.05) is 5.32 Å². The first-order valence-corrected chi connectivity index (χ1v) is 9.02. The van der Waals surface area contributed by atoms with Crippen LogP contribution in [0, 0.1) is 6.92 Å². The third-order valence-corrected chi connectivity index (χ3v) is 4.59. The Morgan fingerprint density at radius 3 is 2.42 bits per heavy atom. The molecule has 126 valence electrons. The molecule has 0 aliphatic heterocycles. The van der Waals surface area contributed by atoms with Gasteiger partial charge >= 0.3 is 0 Å². The molecule has 0 aromatic heterocycles. The number of rotatable bonds is 4. The van der Waals surface area contributed by atoms with Gasteiger partial charge < -0.3 is 15.4 Å². The third kappa shape index (κ3) is 4.71. The lowest BCUT2D eigenvalue weighted by Crippen LogP contribution is -2.38. The molecular weight excluding hydrogens is 316 g/mol. The number of ether oxygens (including phenoxy) is 1. The summed E-state index contributed by atoms with van der Waals surface area (Å²) >= 11 is 5.42. The first-order valence-electron chi connectivity index (χ1n) is 8.62. The van der Waals surface area contributed by atoms with Crippen LogP contribution in [0.4, 0.5) is 5.69 Å². The van der Waals surface area contributed by atoms with Crippen LogP contribution in [-0.2, 0) is 0 Å². The fourth-order valence-corrected chi connectivity index (χ4v) is 3.29. The van der Waals surface area contributed by atoms with E-state index >= 15 is 0 Å². The van der Waals surface area contributed by atoms with Gasteiger partial charge in [-0.2, -0.15) is 0 Å². The molecule has 0 radical (unpaired) electrons. The molecule has 2 N–H and O–H groups in total. The number of hydrogen-bond donors (Lipinski definition) is 2. The summed E-state index contributed by atoms with van der Waals surface area (Å²) in [5.41, 5.74) is 2.10. The Hall–Kier alpha value is -2.07. The van der Waals surface area contributed by atoms with E-state index in [-0.39, 0.29) is 0 Å². The monoisotopic (exact) mass is 340 g/mol. The summed E-state index contributed by atoms with van der Waals surface area (Å²) in [6.45, 7) is 2.04. The number of hydrogen-bond acceptors (Lipinski definition) is 2. The molecule has 4 heteroatoms. The highest BCUT2D eigenvalue weighted by atomic mass is 32.1. The maximum absolute atomic E-state index is 5.91. The first-order chi connectivity index (χ1) is 11.7. The summed E-state index contributed by atoms with van der Waals surface area (Å²) in [6, 6.07) is 16.4. The first kappa shape index (κ1) is 16.8. The normalized spacial score (nSPS) is 14.9. The number of nitrogens with one attached hydrogen (secondary N) is 2. The number of aryl methyl sites for hydroxylation is 1. The minimum atomic E-state index is 0.516. The highest BCUT2D eigenvalue weighted by Crippen LogP contribution is 2.25. The largest absolute Gasteiger partial charge is 0.457 e. The van der Waals surface area contributed by atoms with Crippen LogP contribution >= 0.6 is 12.2 Å². The Kier molecular flexibility index (Phi) is 5.70. The minimum Gasteiger partial charge on any atom is -0.457 e. The zero-order valence-corrected chi connectivity index (χ0v) is 14.9. The van der Waals surface area contributed by atoms with Gasteiger partial charge in [0.1, 0.15) is 11.5 Å². The molecular formula is C20H24N2OS. The molecule has 0 spiro atoms. The Balaban J connectivity index is 1.54. The molecule has 24 heavy (non-hydrogen) atoms. The summed E-state index contributed by atoms with van der Waals surface area (Å²) < 4.78 is 5.91. The lowest BCUT2D eigenvalue weighted by Gasteiger charge is -2.24. The smallest absolute Gasteiger partial charge is 0.170 e. The lowest BCUT2D eigenvalue weighted by molar-refractivity contribution is 0.415. The van der Waals surface area contributed by atoms with Crippen LogP contribution in [-0.4, -0.2) is 11.2 Å². The third-order valence-electron chi connectivity index (χ3n) is 4.37. The highest BCUT2D eigenvalue weighted by Gasteiger charge is 2.13. The molecule has 0 bridgehead atoms. The van der Waals surface area contributed by atoms with Gasteiger partial charge in [-0.3, -0.25) is 0 Å². The Bertz CT molecular complexity index is 678. The molecule has 1 aliphatic rings. The number of para-hydroxylation sites is 1. The van der Waals surface area contributed by atoms with Crippen molar-refractivity contribution in [2.45, 2.75) is 45.1 Å². The zero-order valence-electron chi connectivity index (χ0n) is 14.0. The highest BCUT2D eigenvalue weighted by molar-refractivity contribution is 7.80. The maximum atomic E-state index is 5.91. The maximum Gasteiger partial charge on any atom is 0.170 e. The van der Waals surface area contributed by atoms with E-state index < -0.39 is 0 Å². The van der Waals surface area contributed by atoms with Crippen molar-refractivity contribution in [1.82, 2.24) is 5.32 Å². The number of benzene rings is 2. The number of thiocarbonyl (C=S) groups is 1. The van der Waals surface area contributed by atoms with Crippen LogP contribution in [0.2, 0.25) is 0 Å². The zero-order chi connectivity index (χ0) is 16.8. The van der Waals surface area contributed by atoms with Crippen LogP contribution in [0.15, 0.2) is 48.5 Å². The van der Waals surface area contributed by atoms with Crippen LogP contribution < -0.4 is 15.4 Å². The van der Waals surface area contributed by atoms with E-state index in [4.69, 9.17) is 17.0 Å². The molecule has 3 nitrogen and oxygen atoms in total. The van der Waals surface area contributed by atoms with E-state index in [1.165, 1.54) is 32.1 Å². The average molecular weight is 340 g/mol. The molecule has 1 aliphatic carbocycles. The SMILES string of the molecule is Cc1ccccc1Oc1ccc(NC(=S)NC2CCCCC2)cc1. The van der Waals surface area contributed by atoms with Crippen molar-refractivity contribution in [1.29, 1.82) is 0 Å². The van der Waals surface area contributed by atoms with E-state index in [1.807, 2.05) is 55.5 Å². The van der Waals surface area contributed by atoms with Crippen LogP contribution in [0.25, 0.3) is 0 Å². The second kappa shape index (κ2) is 8.15. The van der Waals surface area contributed by atoms with Crippen molar-refractivity contribution < 1.29 is 4.74 Å². The Morgan fingerprint density at radius 1 is 1.00 bits per heavy atom. The summed E-state index contributed by atoms with van der Waals surface area (Å²) in [5, 5.41) is 7.38. The summed E-state index contributed by atoms with van der Waals surface area (Å²) in [5.74, 6) is 1.70. The van der Waals surface area contributed by atoms with E-state index in [9.17, 15) is 0 Å². The lowest BCUT2D eigenvalue weighted by atomic mass is 9.96. The molecule has 2 aromatic rings. The molecule has 0 saturated heterocycles. The Labute approximate surface area is 149 Å². The molecule has 0 heterocycles. The van der Waals surface area contributed by atoms with Crippen molar-refractivity contribution in [3.05, 3.63) is 54.1 Å². The fourth-order valence-electron chi connectivity index (χ4n) is 3.00. The van der Waals surface area contributed by atoms with E-state index in [1.54, 1.807) is 0 Å². The van der Waals surface area contributed by atoms with Crippen molar-refractivity contribution in [3.8, 4) is 11.5 Å². The van der Waals surface area contributed by atoms with Crippen molar-refractivity contribution in [3.63, 3.8) is 0 Å². The van der Waals surface area contributed by atoms with Crippen LogP contribution in [0.3, 0.4) is 0 Å². The summed E-state index contributed by atoms with van der Waals surface area (Å²) in [4.78, 5) is 0. The van der Waals surface area contributed by atoms with Gasteiger partial charge in [0.2, 0.25) is 0 Å². The molecule has 1 saturated carbocycles. The molecule has 2 aromatic carbocycles. The molecule has 3 rings (SSSR count). The predicted molar refractivity (Wildman–Crippen MR) is 104 cm³/mol. The fraction of sp³-hybridized carbons (Fsp3) is 0.350. The Morgan fingerprint density at radius 2 is 1.71 bits per heavy atom. The topological polar surface area (TPSA) is 33.3 Å². The molecule has 1 fully saturated rings. The second-order valence-electron chi connectivity index (χ2n) is 6.33. The predicted octanol–water partition coefficient (Wildman–Crippen LogP) is 5.41. The van der Waals surface area contributed by atoms with Gasteiger partial charge in [-0.25, -0.2) is 0 Å². The van der Waals surface area contributed by atoms with E-state index in [0.717, 1.165) is 22.7 Å². The molecule has 0 unspecified atom stereocenters. The average Bonchev–Trinajstić information content (AvgIpc) is 2.59. The van der Waals surface area contributed by atoms with E-state index in [0.29, 0.717) is 11.2 Å². The van der Waals surface area contributed by atoms with Gasteiger partial charge in [-0.15, -0.1) is 0 Å². The quantitative estimate of drug-likeness (QED) is 0.730. The standard InChI is InChI=1S/C20H24N2OS/c1-15-7-5-6-10-19(15)23-18-13-11-17(12-14-18)22-20(24)21-16-8-3-2-4-9-16/h5-7,10-14,16H,2-4,8-9H2,1H3,(H2,21,22,24). The summed E-state index contributed by atoms with van der Waals surface area (Å²) in [7, 11) is 0. The van der Waals surface area contributed by atoms with Gasteiger partial charge in [-0.1, -0.05) is 37.5 Å². The minimum absolute atomic E-state index is 0.516. The van der Waals surface area contributed by atoms with Crippen molar-refractivity contribution in [2.24, 2.45) is 0 Å². The van der Waals surface area contributed by atoms with Gasteiger partial charge in [0.25, 0.3) is 0 Å². The van der Waals surface area contributed by atoms with Gasteiger partial charge in [-0.05, 0) is 67.9 Å². The van der Waals surface area contributed by atoms with Crippen LogP contribution in [0.5, 0.6) is 11.5 Å². The van der Waals surface area contributed by atoms with Crippen molar-refractivity contribution >= 4 is 23.0 Å². The van der Waals surface area contributed by atoms with Gasteiger partial charge in [0.05, 0.1) is 0 Å². The molecule has 0 amide bonds. The number of anilines is 1. The van der Waals surface area contributed by atoms with E-state index in [2.05, 4.69) is 10.6 Å². The summed E-state index contributed by atoms with van der Waals surface area (Å²) in [6.07, 6.45) is 6.37. The second-order valence-corrected chi connectivity index (χ2v) is 6.73. The van der Waals surface area contributed by atoms with Gasteiger partial charge in [0.15, 0.2) is 5.11 Å². The molecule has 0 atom stereocenters. The van der Waals surface area contributed by atoms with Crippen LogP contribution in [0.1, 0.15) is 37.7 Å².